The quantitative estimate of drug-likeness (QED) is 0.885. The fourth-order valence-electron chi connectivity index (χ4n) is 2.10. The van der Waals surface area contributed by atoms with Crippen LogP contribution in [0.25, 0.3) is 0 Å². The van der Waals surface area contributed by atoms with Crippen LogP contribution in [0.5, 0.6) is 11.5 Å². The predicted octanol–water partition coefficient (Wildman–Crippen LogP) is 4.32. The minimum absolute atomic E-state index is 0.0367. The number of halogens is 2. The van der Waals surface area contributed by atoms with Gasteiger partial charge in [0.1, 0.15) is 0 Å². The Morgan fingerprint density at radius 2 is 1.95 bits per heavy atom. The van der Waals surface area contributed by atoms with Crippen LogP contribution in [-0.4, -0.2) is 6.04 Å². The second kappa shape index (κ2) is 5.82. The van der Waals surface area contributed by atoms with Gasteiger partial charge in [0, 0.05) is 12.6 Å². The van der Waals surface area contributed by atoms with Crippen LogP contribution in [0.3, 0.4) is 0 Å². The molecule has 4 heteroatoms. The zero-order valence-corrected chi connectivity index (χ0v) is 11.8. The molecule has 3 rings (SSSR count). The lowest BCUT2D eigenvalue weighted by Gasteiger charge is -2.10. The van der Waals surface area contributed by atoms with Gasteiger partial charge in [-0.05, 0) is 49.1 Å². The SMILES string of the molecule is Cc1cccc(Oc2ccc(CNC3CC3)cc2F)c1F. The van der Waals surface area contributed by atoms with Crippen LogP contribution >= 0.6 is 0 Å². The molecule has 0 atom stereocenters. The molecule has 0 saturated heterocycles. The molecule has 0 bridgehead atoms. The van der Waals surface area contributed by atoms with Crippen LogP contribution in [0.4, 0.5) is 8.78 Å². The minimum atomic E-state index is -0.481. The summed E-state index contributed by atoms with van der Waals surface area (Å²) in [5.74, 6) is -0.866. The fourth-order valence-corrected chi connectivity index (χ4v) is 2.10. The summed E-state index contributed by atoms with van der Waals surface area (Å²) in [6, 6.07) is 10.2. The highest BCUT2D eigenvalue weighted by Crippen LogP contribution is 2.28. The normalized spacial score (nSPS) is 14.2. The van der Waals surface area contributed by atoms with Crippen LogP contribution < -0.4 is 10.1 Å². The van der Waals surface area contributed by atoms with E-state index in [4.69, 9.17) is 4.74 Å². The van der Waals surface area contributed by atoms with Gasteiger partial charge < -0.3 is 10.1 Å². The molecule has 21 heavy (non-hydrogen) atoms. The van der Waals surface area contributed by atoms with Gasteiger partial charge in [-0.25, -0.2) is 8.78 Å². The molecule has 0 spiro atoms. The Morgan fingerprint density at radius 3 is 2.67 bits per heavy atom. The first kappa shape index (κ1) is 14.0. The van der Waals surface area contributed by atoms with E-state index in [0.717, 1.165) is 5.56 Å². The maximum absolute atomic E-state index is 14.0. The van der Waals surface area contributed by atoms with Crippen LogP contribution in [0.1, 0.15) is 24.0 Å². The first-order valence-electron chi connectivity index (χ1n) is 7.08. The molecule has 1 fully saturated rings. The van der Waals surface area contributed by atoms with Crippen molar-refractivity contribution >= 4 is 0 Å². The number of rotatable bonds is 5. The Bertz CT molecular complexity index is 653. The van der Waals surface area contributed by atoms with E-state index in [1.54, 1.807) is 31.2 Å². The molecule has 2 nitrogen and oxygen atoms in total. The zero-order chi connectivity index (χ0) is 14.8. The third-order valence-corrected chi connectivity index (χ3v) is 3.54. The lowest BCUT2D eigenvalue weighted by molar-refractivity contribution is 0.412. The maximum Gasteiger partial charge on any atom is 0.168 e. The van der Waals surface area contributed by atoms with Crippen molar-refractivity contribution in [2.75, 3.05) is 0 Å². The van der Waals surface area contributed by atoms with Crippen LogP contribution in [0, 0.1) is 18.6 Å². The second-order valence-electron chi connectivity index (χ2n) is 5.41. The highest BCUT2D eigenvalue weighted by atomic mass is 19.1. The van der Waals surface area contributed by atoms with Gasteiger partial charge in [-0.1, -0.05) is 18.2 Å². The summed E-state index contributed by atoms with van der Waals surface area (Å²) in [6.45, 7) is 2.28. The number of ether oxygens (including phenoxy) is 1. The first-order valence-corrected chi connectivity index (χ1v) is 7.08. The van der Waals surface area contributed by atoms with Crippen LogP contribution in [0.15, 0.2) is 36.4 Å². The third-order valence-electron chi connectivity index (χ3n) is 3.54. The predicted molar refractivity (Wildman–Crippen MR) is 77.5 cm³/mol. The van der Waals surface area contributed by atoms with Crippen molar-refractivity contribution in [3.8, 4) is 11.5 Å². The molecule has 2 aromatic rings. The minimum Gasteiger partial charge on any atom is -0.451 e. The molecule has 0 radical (unpaired) electrons. The van der Waals surface area contributed by atoms with E-state index >= 15 is 0 Å². The standard InChI is InChI=1S/C17H17F2NO/c1-11-3-2-4-16(17(11)19)21-15-8-5-12(9-14(15)18)10-20-13-6-7-13/h2-5,8-9,13,20H,6-7,10H2,1H3. The summed E-state index contributed by atoms with van der Waals surface area (Å²) < 4.78 is 33.2. The van der Waals surface area contributed by atoms with E-state index in [0.29, 0.717) is 18.2 Å². The molecule has 0 aliphatic heterocycles. The molecular weight excluding hydrogens is 272 g/mol. The number of hydrogen-bond donors (Lipinski definition) is 1. The molecule has 1 aliphatic carbocycles. The van der Waals surface area contributed by atoms with Crippen LogP contribution in [-0.2, 0) is 6.54 Å². The smallest absolute Gasteiger partial charge is 0.168 e. The van der Waals surface area contributed by atoms with Crippen molar-refractivity contribution in [2.24, 2.45) is 0 Å². The summed E-state index contributed by atoms with van der Waals surface area (Å²) in [4.78, 5) is 0. The number of aryl methyl sites for hydroxylation is 1. The van der Waals surface area contributed by atoms with Gasteiger partial charge in [0.2, 0.25) is 0 Å². The number of nitrogens with one attached hydrogen (secondary N) is 1. The molecule has 0 unspecified atom stereocenters. The van der Waals surface area contributed by atoms with Crippen molar-refractivity contribution in [1.29, 1.82) is 0 Å². The van der Waals surface area contributed by atoms with Crippen molar-refractivity contribution in [2.45, 2.75) is 32.4 Å². The van der Waals surface area contributed by atoms with Gasteiger partial charge >= 0.3 is 0 Å². The van der Waals surface area contributed by atoms with Crippen molar-refractivity contribution in [3.05, 3.63) is 59.2 Å². The first-order chi connectivity index (χ1) is 10.1. The Labute approximate surface area is 122 Å². The van der Waals surface area contributed by atoms with Crippen LogP contribution in [0.2, 0.25) is 0 Å². The van der Waals surface area contributed by atoms with Gasteiger partial charge in [-0.2, -0.15) is 0 Å². The summed E-state index contributed by atoms with van der Waals surface area (Å²) in [5, 5.41) is 3.32. The topological polar surface area (TPSA) is 21.3 Å². The largest absolute Gasteiger partial charge is 0.451 e. The van der Waals surface area contributed by atoms with Gasteiger partial charge in [-0.15, -0.1) is 0 Å². The highest BCUT2D eigenvalue weighted by Gasteiger charge is 2.20. The average molecular weight is 289 g/mol. The number of benzene rings is 2. The van der Waals surface area contributed by atoms with E-state index < -0.39 is 11.6 Å². The molecule has 0 aromatic heterocycles. The molecular formula is C17H17F2NO. The molecule has 0 heterocycles. The van der Waals surface area contributed by atoms with Crippen molar-refractivity contribution < 1.29 is 13.5 Å². The zero-order valence-electron chi connectivity index (χ0n) is 11.8. The van der Waals surface area contributed by atoms with E-state index in [1.165, 1.54) is 25.0 Å². The van der Waals surface area contributed by atoms with E-state index in [-0.39, 0.29) is 11.5 Å². The monoisotopic (exact) mass is 289 g/mol. The summed E-state index contributed by atoms with van der Waals surface area (Å²) in [6.07, 6.45) is 2.38. The fraction of sp³-hybridized carbons (Fsp3) is 0.294. The maximum atomic E-state index is 14.0. The Balaban J connectivity index is 1.74. The Kier molecular flexibility index (Phi) is 3.88. The Morgan fingerprint density at radius 1 is 1.14 bits per heavy atom. The van der Waals surface area contributed by atoms with Crippen molar-refractivity contribution in [1.82, 2.24) is 5.32 Å². The molecule has 2 aromatic carbocycles. The average Bonchev–Trinajstić information content (AvgIpc) is 3.28. The summed E-state index contributed by atoms with van der Waals surface area (Å²) in [5.41, 5.74) is 1.33. The van der Waals surface area contributed by atoms with Gasteiger partial charge in [0.15, 0.2) is 23.1 Å². The molecule has 110 valence electrons. The van der Waals surface area contributed by atoms with E-state index in [2.05, 4.69) is 5.32 Å². The van der Waals surface area contributed by atoms with Gasteiger partial charge in [0.25, 0.3) is 0 Å². The second-order valence-corrected chi connectivity index (χ2v) is 5.41. The summed E-state index contributed by atoms with van der Waals surface area (Å²) in [7, 11) is 0. The summed E-state index contributed by atoms with van der Waals surface area (Å²) >= 11 is 0. The lowest BCUT2D eigenvalue weighted by Crippen LogP contribution is -2.15. The lowest BCUT2D eigenvalue weighted by atomic mass is 10.2. The van der Waals surface area contributed by atoms with Gasteiger partial charge in [0.05, 0.1) is 0 Å². The molecule has 1 N–H and O–H groups in total. The highest BCUT2D eigenvalue weighted by molar-refractivity contribution is 5.37. The van der Waals surface area contributed by atoms with Crippen molar-refractivity contribution in [3.63, 3.8) is 0 Å². The molecule has 0 amide bonds. The molecule has 1 saturated carbocycles. The number of hydrogen-bond acceptors (Lipinski definition) is 2. The van der Waals surface area contributed by atoms with Gasteiger partial charge in [-0.3, -0.25) is 0 Å². The van der Waals surface area contributed by atoms with E-state index in [1.807, 2.05) is 0 Å². The Hall–Kier alpha value is -1.94. The van der Waals surface area contributed by atoms with E-state index in [9.17, 15) is 8.78 Å². The molecule has 1 aliphatic rings. The third kappa shape index (κ3) is 3.39.